The van der Waals surface area contributed by atoms with E-state index in [1.165, 1.54) is 35.9 Å². The largest absolute Gasteiger partial charge is 0.342 e. The number of nitriles is 1. The fraction of sp³-hybridized carbons (Fsp3) is 0.452. The smallest absolute Gasteiger partial charge is 0.228 e. The van der Waals surface area contributed by atoms with Crippen molar-refractivity contribution in [1.82, 2.24) is 24.8 Å². The van der Waals surface area contributed by atoms with E-state index in [0.717, 1.165) is 68.8 Å². The lowest BCUT2D eigenvalue weighted by Gasteiger charge is -2.56. The molecule has 4 heterocycles. The molecule has 3 aromatic rings. The quantitative estimate of drug-likeness (QED) is 0.511. The van der Waals surface area contributed by atoms with Gasteiger partial charge >= 0.3 is 0 Å². The molecule has 0 radical (unpaired) electrons. The zero-order valence-corrected chi connectivity index (χ0v) is 21.6. The average Bonchev–Trinajstić information content (AvgIpc) is 3.71. The molecule has 1 spiro atoms. The van der Waals surface area contributed by atoms with Crippen LogP contribution in [0.4, 0.5) is 0 Å². The number of hydrogen-bond donors (Lipinski definition) is 0. The molecule has 7 nitrogen and oxygen atoms in total. The number of rotatable bonds is 5. The monoisotopic (exact) mass is 504 g/mol. The fourth-order valence-corrected chi connectivity index (χ4v) is 6.76. The van der Waals surface area contributed by atoms with Crippen molar-refractivity contribution < 1.29 is 4.79 Å². The Morgan fingerprint density at radius 1 is 1.03 bits per heavy atom. The molecule has 4 aliphatic rings. The van der Waals surface area contributed by atoms with E-state index in [-0.39, 0.29) is 5.91 Å². The second-order valence-corrected chi connectivity index (χ2v) is 11.7. The van der Waals surface area contributed by atoms with Crippen molar-refractivity contribution >= 4 is 5.91 Å². The van der Waals surface area contributed by atoms with E-state index < -0.39 is 0 Å². The number of piperidine rings is 1. The minimum atomic E-state index is 0.216. The number of benzene rings is 1. The van der Waals surface area contributed by atoms with Crippen molar-refractivity contribution in [2.75, 3.05) is 26.2 Å². The number of likely N-dealkylation sites (tertiary alicyclic amines) is 2. The molecule has 1 saturated carbocycles. The normalized spacial score (nSPS) is 22.1. The zero-order chi connectivity index (χ0) is 25.7. The van der Waals surface area contributed by atoms with Crippen LogP contribution in [0, 0.1) is 16.7 Å². The molecule has 3 fully saturated rings. The number of nitrogens with zero attached hydrogens (tertiary/aromatic N) is 6. The maximum Gasteiger partial charge on any atom is 0.228 e. The Kier molecular flexibility index (Phi) is 5.74. The molecule has 0 bridgehead atoms. The maximum absolute atomic E-state index is 12.9. The van der Waals surface area contributed by atoms with Gasteiger partial charge in [-0.3, -0.25) is 14.7 Å². The third-order valence-electron chi connectivity index (χ3n) is 9.19. The van der Waals surface area contributed by atoms with Gasteiger partial charge in [-0.15, -0.1) is 0 Å². The Morgan fingerprint density at radius 2 is 1.87 bits per heavy atom. The van der Waals surface area contributed by atoms with Crippen LogP contribution in [0.25, 0.3) is 11.3 Å². The summed E-state index contributed by atoms with van der Waals surface area (Å²) in [4.78, 5) is 30.6. The Bertz CT molecular complexity index is 1410. The van der Waals surface area contributed by atoms with E-state index in [9.17, 15) is 4.79 Å². The number of aryl methyl sites for hydroxylation is 1. The number of fused-ring (bicyclic) bond motifs is 1. The molecular formula is C31H32N6O. The lowest BCUT2D eigenvalue weighted by Crippen LogP contribution is -2.61. The molecular weight excluding hydrogens is 472 g/mol. The summed E-state index contributed by atoms with van der Waals surface area (Å²) in [5.74, 6) is 0.916. The predicted octanol–water partition coefficient (Wildman–Crippen LogP) is 4.44. The fourth-order valence-electron chi connectivity index (χ4n) is 6.76. The van der Waals surface area contributed by atoms with Gasteiger partial charge in [-0.1, -0.05) is 18.2 Å². The Hall–Kier alpha value is -3.63. The first-order valence-electron chi connectivity index (χ1n) is 13.9. The van der Waals surface area contributed by atoms with Gasteiger partial charge in [-0.2, -0.15) is 5.26 Å². The van der Waals surface area contributed by atoms with Gasteiger partial charge in [0.2, 0.25) is 5.91 Å². The van der Waals surface area contributed by atoms with Gasteiger partial charge in [0, 0.05) is 55.7 Å². The Balaban J connectivity index is 0.938. The number of hydrogen-bond acceptors (Lipinski definition) is 6. The number of pyridine rings is 1. The third-order valence-corrected chi connectivity index (χ3v) is 9.19. The van der Waals surface area contributed by atoms with Crippen LogP contribution in [0.2, 0.25) is 0 Å². The van der Waals surface area contributed by atoms with Crippen LogP contribution in [0.5, 0.6) is 0 Å². The topological polar surface area (TPSA) is 86.0 Å². The summed E-state index contributed by atoms with van der Waals surface area (Å²) in [5, 5.41) is 9.16. The van der Waals surface area contributed by atoms with Crippen molar-refractivity contribution in [1.29, 1.82) is 5.26 Å². The molecule has 2 aliphatic heterocycles. The van der Waals surface area contributed by atoms with Gasteiger partial charge in [0.15, 0.2) is 0 Å². The molecule has 2 aromatic heterocycles. The van der Waals surface area contributed by atoms with Crippen LogP contribution in [0.15, 0.2) is 48.9 Å². The van der Waals surface area contributed by atoms with E-state index >= 15 is 0 Å². The van der Waals surface area contributed by atoms with Crippen LogP contribution in [0.3, 0.4) is 0 Å². The maximum atomic E-state index is 12.9. The predicted molar refractivity (Wildman–Crippen MR) is 143 cm³/mol. The van der Waals surface area contributed by atoms with Gasteiger partial charge < -0.3 is 4.90 Å². The molecule has 0 N–H and O–H groups in total. The molecule has 7 heteroatoms. The van der Waals surface area contributed by atoms with Gasteiger partial charge in [0.05, 0.1) is 12.1 Å². The highest BCUT2D eigenvalue weighted by molar-refractivity contribution is 5.78. The summed E-state index contributed by atoms with van der Waals surface area (Å²) in [7, 11) is 0. The Morgan fingerprint density at radius 3 is 2.61 bits per heavy atom. The van der Waals surface area contributed by atoms with Crippen LogP contribution in [-0.2, 0) is 17.6 Å². The Labute approximate surface area is 223 Å². The van der Waals surface area contributed by atoms with E-state index in [4.69, 9.17) is 5.26 Å². The molecule has 1 aromatic carbocycles. The molecule has 1 amide bonds. The van der Waals surface area contributed by atoms with Crippen molar-refractivity contribution in [3.8, 4) is 17.3 Å². The van der Waals surface area contributed by atoms with Crippen LogP contribution in [0.1, 0.15) is 72.1 Å². The first-order valence-corrected chi connectivity index (χ1v) is 13.9. The third kappa shape index (κ3) is 4.37. The number of aromatic nitrogens is 3. The number of carbonyl (C=O) groups excluding carboxylic acids is 1. The van der Waals surface area contributed by atoms with Crippen LogP contribution >= 0.6 is 0 Å². The number of amides is 1. The van der Waals surface area contributed by atoms with Crippen LogP contribution < -0.4 is 0 Å². The van der Waals surface area contributed by atoms with E-state index in [1.54, 1.807) is 6.07 Å². The number of carbonyl (C=O) groups is 1. The summed E-state index contributed by atoms with van der Waals surface area (Å²) >= 11 is 0. The molecule has 2 aliphatic carbocycles. The SMILES string of the molecule is N#Cc1cc(-c2ccc3c(c2)CCC3N2CC3(CCN(C(=O)Cc4ccc(C5CC5)cn4)CC3)C2)ncn1. The summed E-state index contributed by atoms with van der Waals surface area (Å²) in [6.07, 6.45) is 10.8. The highest BCUT2D eigenvalue weighted by Crippen LogP contribution is 2.48. The van der Waals surface area contributed by atoms with Crippen molar-refractivity contribution in [2.45, 2.75) is 56.9 Å². The second kappa shape index (κ2) is 9.28. The summed E-state index contributed by atoms with van der Waals surface area (Å²) in [5.41, 5.74) is 7.65. The van der Waals surface area contributed by atoms with Crippen molar-refractivity contribution in [2.24, 2.45) is 5.41 Å². The zero-order valence-electron chi connectivity index (χ0n) is 21.6. The first-order chi connectivity index (χ1) is 18.6. The summed E-state index contributed by atoms with van der Waals surface area (Å²) in [6.45, 7) is 3.98. The lowest BCUT2D eigenvalue weighted by atomic mass is 9.71. The van der Waals surface area contributed by atoms with Crippen LogP contribution in [-0.4, -0.2) is 56.8 Å². The van der Waals surface area contributed by atoms with Gasteiger partial charge in [-0.25, -0.2) is 9.97 Å². The second-order valence-electron chi connectivity index (χ2n) is 11.7. The van der Waals surface area contributed by atoms with Gasteiger partial charge in [0.1, 0.15) is 18.1 Å². The molecule has 192 valence electrons. The highest BCUT2D eigenvalue weighted by Gasteiger charge is 2.48. The van der Waals surface area contributed by atoms with E-state index in [0.29, 0.717) is 29.5 Å². The van der Waals surface area contributed by atoms with Crippen molar-refractivity contribution in [3.05, 3.63) is 77.0 Å². The minimum absolute atomic E-state index is 0.216. The van der Waals surface area contributed by atoms with Gasteiger partial charge in [0.25, 0.3) is 0 Å². The van der Waals surface area contributed by atoms with Crippen molar-refractivity contribution in [3.63, 3.8) is 0 Å². The summed E-state index contributed by atoms with van der Waals surface area (Å²) < 4.78 is 0. The molecule has 7 rings (SSSR count). The first kappa shape index (κ1) is 23.5. The minimum Gasteiger partial charge on any atom is -0.342 e. The molecule has 1 atom stereocenters. The molecule has 1 unspecified atom stereocenters. The lowest BCUT2D eigenvalue weighted by molar-refractivity contribution is -0.136. The molecule has 2 saturated heterocycles. The van der Waals surface area contributed by atoms with E-state index in [2.05, 4.69) is 55.1 Å². The van der Waals surface area contributed by atoms with E-state index in [1.807, 2.05) is 12.3 Å². The standard InChI is InChI=1S/C31H32N6O/c32-16-26-14-28(35-20-34-26)23-4-7-27-22(13-23)5-8-29(27)37-18-31(19-37)9-11-36(12-10-31)30(38)15-25-6-3-24(17-33-25)21-1-2-21/h3-4,6-7,13-14,17,20-21,29H,1-2,5,8-12,15,18-19H2. The van der Waals surface area contributed by atoms with Gasteiger partial charge in [-0.05, 0) is 78.7 Å². The highest BCUT2D eigenvalue weighted by atomic mass is 16.2. The molecule has 38 heavy (non-hydrogen) atoms. The summed E-state index contributed by atoms with van der Waals surface area (Å²) in [6, 6.07) is 15.2. The average molecular weight is 505 g/mol.